The topological polar surface area (TPSA) is 56.8 Å². The summed E-state index contributed by atoms with van der Waals surface area (Å²) in [4.78, 5) is 11.7. The van der Waals surface area contributed by atoms with Gasteiger partial charge in [0.15, 0.2) is 5.76 Å². The monoisotopic (exact) mass is 345 g/mol. The molecule has 136 valence electrons. The highest BCUT2D eigenvalue weighted by Gasteiger charge is 2.29. The first-order valence-electron chi connectivity index (χ1n) is 9.12. The Kier molecular flexibility index (Phi) is 6.34. The van der Waals surface area contributed by atoms with Crippen molar-refractivity contribution < 1.29 is 19.0 Å². The lowest BCUT2D eigenvalue weighted by molar-refractivity contribution is -0.146. The van der Waals surface area contributed by atoms with Crippen molar-refractivity contribution in [1.82, 2.24) is 5.32 Å². The Hall–Kier alpha value is -2.01. The summed E-state index contributed by atoms with van der Waals surface area (Å²) < 4.78 is 15.9. The number of carbonyl (C=O) groups excluding carboxylic acids is 1. The van der Waals surface area contributed by atoms with Crippen molar-refractivity contribution in [3.8, 4) is 0 Å². The molecule has 0 aromatic heterocycles. The molecule has 3 aliphatic rings. The molecule has 0 saturated heterocycles. The number of rotatable bonds is 6. The SMILES string of the molecule is COC(=O)C1CCC(NC(CC2=CC=CCC2)C2=COC=CO2)CC1. The summed E-state index contributed by atoms with van der Waals surface area (Å²) in [5.41, 5.74) is 1.42. The van der Waals surface area contributed by atoms with Gasteiger partial charge in [0.2, 0.25) is 0 Å². The van der Waals surface area contributed by atoms with Crippen molar-refractivity contribution >= 4 is 5.97 Å². The van der Waals surface area contributed by atoms with Gasteiger partial charge < -0.3 is 19.5 Å². The second kappa shape index (κ2) is 8.90. The van der Waals surface area contributed by atoms with E-state index in [4.69, 9.17) is 14.2 Å². The third-order valence-corrected chi connectivity index (χ3v) is 5.13. The Morgan fingerprint density at radius 2 is 2.16 bits per heavy atom. The molecule has 1 fully saturated rings. The van der Waals surface area contributed by atoms with Gasteiger partial charge in [0.1, 0.15) is 18.8 Å². The second-order valence-electron chi connectivity index (χ2n) is 6.83. The van der Waals surface area contributed by atoms with E-state index in [0.717, 1.165) is 50.7 Å². The fourth-order valence-electron chi connectivity index (χ4n) is 3.71. The van der Waals surface area contributed by atoms with Gasteiger partial charge in [-0.1, -0.05) is 23.8 Å². The zero-order valence-corrected chi connectivity index (χ0v) is 14.8. The predicted molar refractivity (Wildman–Crippen MR) is 95.2 cm³/mol. The molecule has 1 aliphatic heterocycles. The van der Waals surface area contributed by atoms with Crippen LogP contribution in [-0.4, -0.2) is 25.2 Å². The van der Waals surface area contributed by atoms with Crippen LogP contribution in [0.1, 0.15) is 44.9 Å². The van der Waals surface area contributed by atoms with E-state index in [1.807, 2.05) is 0 Å². The van der Waals surface area contributed by atoms with E-state index in [1.54, 1.807) is 12.5 Å². The maximum Gasteiger partial charge on any atom is 0.308 e. The van der Waals surface area contributed by atoms with Crippen LogP contribution in [0.25, 0.3) is 0 Å². The molecule has 0 aromatic rings. The van der Waals surface area contributed by atoms with E-state index in [2.05, 4.69) is 23.5 Å². The Balaban J connectivity index is 1.60. The fraction of sp³-hybridized carbons (Fsp3) is 0.550. The molecule has 0 aromatic carbocycles. The van der Waals surface area contributed by atoms with Gasteiger partial charge in [-0.25, -0.2) is 0 Å². The van der Waals surface area contributed by atoms with E-state index in [0.29, 0.717) is 6.04 Å². The van der Waals surface area contributed by atoms with Gasteiger partial charge in [-0.05, 0) is 44.9 Å². The van der Waals surface area contributed by atoms with Crippen LogP contribution in [0.2, 0.25) is 0 Å². The van der Waals surface area contributed by atoms with Gasteiger partial charge in [-0.15, -0.1) is 0 Å². The predicted octanol–water partition coefficient (Wildman–Crippen LogP) is 3.70. The Bertz CT molecular complexity index is 583. The highest BCUT2D eigenvalue weighted by Crippen LogP contribution is 2.28. The lowest BCUT2D eigenvalue weighted by atomic mass is 9.85. The number of methoxy groups -OCH3 is 1. The van der Waals surface area contributed by atoms with Crippen molar-refractivity contribution in [3.63, 3.8) is 0 Å². The number of esters is 1. The van der Waals surface area contributed by atoms with E-state index >= 15 is 0 Å². The highest BCUT2D eigenvalue weighted by molar-refractivity contribution is 5.72. The van der Waals surface area contributed by atoms with Gasteiger partial charge in [-0.2, -0.15) is 0 Å². The molecule has 2 aliphatic carbocycles. The first-order valence-corrected chi connectivity index (χ1v) is 9.12. The first-order chi connectivity index (χ1) is 12.3. The van der Waals surface area contributed by atoms with E-state index in [1.165, 1.54) is 18.9 Å². The molecule has 1 atom stereocenters. The average molecular weight is 345 g/mol. The normalized spacial score (nSPS) is 26.8. The van der Waals surface area contributed by atoms with E-state index in [-0.39, 0.29) is 17.9 Å². The molecule has 0 spiro atoms. The third-order valence-electron chi connectivity index (χ3n) is 5.13. The second-order valence-corrected chi connectivity index (χ2v) is 6.83. The maximum absolute atomic E-state index is 11.7. The van der Waals surface area contributed by atoms with Gasteiger partial charge in [0.25, 0.3) is 0 Å². The molecule has 0 radical (unpaired) electrons. The molecular formula is C20H27NO4. The zero-order valence-electron chi connectivity index (χ0n) is 14.8. The third kappa shape index (κ3) is 4.98. The van der Waals surface area contributed by atoms with Crippen LogP contribution < -0.4 is 5.32 Å². The lowest BCUT2D eigenvalue weighted by Crippen LogP contribution is -2.43. The molecule has 1 saturated carbocycles. The maximum atomic E-state index is 11.7. The van der Waals surface area contributed by atoms with Crippen molar-refractivity contribution in [2.24, 2.45) is 5.92 Å². The first kappa shape index (κ1) is 17.8. The van der Waals surface area contributed by atoms with Crippen molar-refractivity contribution in [1.29, 1.82) is 0 Å². The van der Waals surface area contributed by atoms with Crippen LogP contribution in [0, 0.1) is 5.92 Å². The molecule has 0 amide bonds. The largest absolute Gasteiger partial charge is 0.469 e. The van der Waals surface area contributed by atoms with Crippen LogP contribution in [0.3, 0.4) is 0 Å². The Morgan fingerprint density at radius 1 is 1.32 bits per heavy atom. The van der Waals surface area contributed by atoms with Gasteiger partial charge >= 0.3 is 5.97 Å². The Labute approximate surface area is 149 Å². The lowest BCUT2D eigenvalue weighted by Gasteiger charge is -2.32. The van der Waals surface area contributed by atoms with Gasteiger partial charge in [0.05, 0.1) is 19.1 Å². The summed E-state index contributed by atoms with van der Waals surface area (Å²) in [6.45, 7) is 0. The average Bonchev–Trinajstić information content (AvgIpc) is 2.69. The quantitative estimate of drug-likeness (QED) is 0.744. The molecule has 0 bridgehead atoms. The number of allylic oxidation sites excluding steroid dienone is 3. The van der Waals surface area contributed by atoms with Crippen LogP contribution in [0.4, 0.5) is 0 Å². The van der Waals surface area contributed by atoms with Crippen molar-refractivity contribution in [2.45, 2.75) is 57.0 Å². The summed E-state index contributed by atoms with van der Waals surface area (Å²) in [7, 11) is 1.47. The van der Waals surface area contributed by atoms with Crippen LogP contribution in [-0.2, 0) is 19.0 Å². The summed E-state index contributed by atoms with van der Waals surface area (Å²) in [5.74, 6) is 0.781. The number of ether oxygens (including phenoxy) is 3. The summed E-state index contributed by atoms with van der Waals surface area (Å²) >= 11 is 0. The van der Waals surface area contributed by atoms with E-state index in [9.17, 15) is 4.79 Å². The number of nitrogens with one attached hydrogen (secondary N) is 1. The molecule has 1 N–H and O–H groups in total. The van der Waals surface area contributed by atoms with Crippen LogP contribution in [0.5, 0.6) is 0 Å². The standard InChI is InChI=1S/C20H27NO4/c1-23-20(22)16-7-9-17(10-8-16)21-18(19-14-24-11-12-25-19)13-15-5-3-2-4-6-15/h2-3,5,11-12,14,16-18,21H,4,6-10,13H2,1H3. The minimum atomic E-state index is -0.0778. The van der Waals surface area contributed by atoms with Crippen molar-refractivity contribution in [3.05, 3.63) is 48.3 Å². The Morgan fingerprint density at radius 3 is 2.80 bits per heavy atom. The number of hydrogen-bond donors (Lipinski definition) is 1. The van der Waals surface area contributed by atoms with E-state index < -0.39 is 0 Å². The summed E-state index contributed by atoms with van der Waals surface area (Å²) in [5, 5.41) is 3.73. The molecule has 5 heteroatoms. The molecule has 5 nitrogen and oxygen atoms in total. The zero-order chi connectivity index (χ0) is 17.5. The number of hydrogen-bond acceptors (Lipinski definition) is 5. The smallest absolute Gasteiger partial charge is 0.308 e. The van der Waals surface area contributed by atoms with Crippen molar-refractivity contribution in [2.75, 3.05) is 7.11 Å². The minimum Gasteiger partial charge on any atom is -0.469 e. The molecule has 1 heterocycles. The van der Waals surface area contributed by atoms with Crippen LogP contribution in [0.15, 0.2) is 48.3 Å². The fourth-order valence-corrected chi connectivity index (χ4v) is 3.71. The molecule has 3 rings (SSSR count). The van der Waals surface area contributed by atoms with Crippen LogP contribution >= 0.6 is 0 Å². The number of carbonyl (C=O) groups is 1. The summed E-state index contributed by atoms with van der Waals surface area (Å²) in [6.07, 6.45) is 18.1. The molecular weight excluding hydrogens is 318 g/mol. The van der Waals surface area contributed by atoms with Gasteiger partial charge in [0, 0.05) is 6.04 Å². The van der Waals surface area contributed by atoms with Gasteiger partial charge in [-0.3, -0.25) is 4.79 Å². The molecule has 25 heavy (non-hydrogen) atoms. The highest BCUT2D eigenvalue weighted by atomic mass is 16.5. The minimum absolute atomic E-state index is 0.0455. The summed E-state index contributed by atoms with van der Waals surface area (Å²) in [6, 6.07) is 0.462. The molecule has 1 unspecified atom stereocenters.